The van der Waals surface area contributed by atoms with E-state index in [1.54, 1.807) is 55.4 Å². The Bertz CT molecular complexity index is 1880. The number of nitrogens with one attached hydrogen (secondary N) is 3. The van der Waals surface area contributed by atoms with E-state index in [0.717, 1.165) is 6.42 Å². The van der Waals surface area contributed by atoms with Crippen LogP contribution < -0.4 is 21.7 Å². The number of hydrogen-bond acceptors (Lipinski definition) is 17. The number of hydrogen-bond donors (Lipinski definition) is 9. The third-order valence-corrected chi connectivity index (χ3v) is 13.4. The van der Waals surface area contributed by atoms with Gasteiger partial charge in [0.15, 0.2) is 0 Å². The fourth-order valence-corrected chi connectivity index (χ4v) is 7.72. The first kappa shape index (κ1) is 117. The summed E-state index contributed by atoms with van der Waals surface area (Å²) in [6, 6.07) is 0. The summed E-state index contributed by atoms with van der Waals surface area (Å²) in [5.74, 6) is -2.94. The van der Waals surface area contributed by atoms with Crippen LogP contribution in [0.2, 0.25) is 0 Å². The Morgan fingerprint density at radius 2 is 0.939 bits per heavy atom. The average molecular weight is 1260 g/mol. The van der Waals surface area contributed by atoms with Crippen LogP contribution in [0.4, 0.5) is 0 Å². The Labute approximate surface area is 502 Å². The molecular weight excluding hydrogens is 1130 g/mol. The number of ether oxygens (including phenoxy) is 2. The Morgan fingerprint density at radius 3 is 1.20 bits per heavy atom. The SMILES string of the molecule is C.C.C.C.C.C.C.C.C.C.C=C(C)C(=O)OCCNC(=O)CC(OO)C(C)(C)CC.C=C(C)C(=O)OCC[NH3+].CCC(C)(C)C(CP(=O)(O)O)OO.CCC(C)C(=O)NC(C)(C)CS(=O)(=O)O.CCC(C)C(=O)NC(C)(C)CS(=O)(=O)[O-]. The highest BCUT2D eigenvalue weighted by atomic mass is 32.2. The number of carbonyl (C=O) groups excluding carboxylic acids is 5. The molecule has 0 aromatic rings. The second kappa shape index (κ2) is 55.5. The van der Waals surface area contributed by atoms with Gasteiger partial charge in [-0.2, -0.15) is 8.42 Å². The van der Waals surface area contributed by atoms with E-state index < -0.39 is 80.2 Å². The van der Waals surface area contributed by atoms with Crippen LogP contribution in [0, 0.1) is 22.7 Å². The van der Waals surface area contributed by atoms with E-state index in [-0.39, 0.29) is 135 Å². The first-order chi connectivity index (χ1) is 32.3. The van der Waals surface area contributed by atoms with E-state index in [0.29, 0.717) is 43.6 Å². The molecule has 24 nitrogen and oxygen atoms in total. The molecule has 82 heavy (non-hydrogen) atoms. The van der Waals surface area contributed by atoms with Gasteiger partial charge in [-0.25, -0.2) is 27.8 Å². The highest BCUT2D eigenvalue weighted by Crippen LogP contribution is 2.41. The topological polar surface area (TPSA) is 396 Å². The molecule has 4 unspecified atom stereocenters. The van der Waals surface area contributed by atoms with Crippen molar-refractivity contribution < 1.29 is 99.8 Å². The standard InChI is InChI=1S/C14H25NO5.2C9H19NO4S.C7H17O5P.C6H11NO2.10CH4/c1-6-14(4,5)11(20-18)9-12(16)15-7-8-19-13(17)10(2)3;2*1-5-7(2)8(11)10-9(3,4)6-15(12,13)14;1-4-7(2,3)6(12-8)5-13(9,10)11;1-5(2)6(8)9-4-3-7;;;;;;;;;;/h11,18H,2,6-9H2,1,3-5H3,(H,15,16);2*7H,5-6H2,1-4H3,(H,10,11)(H,12,13,14);6,8H,4-5H2,1-3H3,(H2,9,10,11);1,3-4,7H2,2H3;10*1H4. The molecule has 3 amide bonds. The Kier molecular flexibility index (Phi) is 79.2. The number of amides is 3. The molecule has 508 valence electrons. The highest BCUT2D eigenvalue weighted by molar-refractivity contribution is 7.86. The van der Waals surface area contributed by atoms with E-state index >= 15 is 0 Å². The number of carbonyl (C=O) groups is 5. The summed E-state index contributed by atoms with van der Waals surface area (Å²) in [5, 5.41) is 25.1. The zero-order valence-electron chi connectivity index (χ0n) is 45.5. The van der Waals surface area contributed by atoms with Crippen LogP contribution in [0.25, 0.3) is 0 Å². The first-order valence-electron chi connectivity index (χ1n) is 23.2. The van der Waals surface area contributed by atoms with Crippen molar-refractivity contribution in [3.05, 3.63) is 24.3 Å². The first-order valence-corrected chi connectivity index (χ1v) is 28.2. The Balaban J connectivity index is -0.0000000519. The summed E-state index contributed by atoms with van der Waals surface area (Å²) >= 11 is 0. The largest absolute Gasteiger partial charge is 0.748 e. The smallest absolute Gasteiger partial charge is 0.333 e. The van der Waals surface area contributed by atoms with Crippen molar-refractivity contribution >= 4 is 57.5 Å². The van der Waals surface area contributed by atoms with Gasteiger partial charge in [0.25, 0.3) is 10.1 Å². The number of rotatable bonds is 27. The maximum Gasteiger partial charge on any atom is 0.333 e. The maximum absolute atomic E-state index is 11.7. The lowest BCUT2D eigenvalue weighted by Crippen LogP contribution is -2.52. The lowest BCUT2D eigenvalue weighted by molar-refractivity contribution is -0.372. The molecule has 11 N–H and O–H groups in total. The third kappa shape index (κ3) is 67.4. The van der Waals surface area contributed by atoms with Gasteiger partial charge >= 0.3 is 19.5 Å². The Hall–Kier alpha value is -3.40. The minimum Gasteiger partial charge on any atom is -0.748 e. The molecule has 0 radical (unpaired) electrons. The number of quaternary nitrogens is 1. The quantitative estimate of drug-likeness (QED) is 0.00702. The molecule has 4 atom stereocenters. The zero-order valence-corrected chi connectivity index (χ0v) is 48.1. The van der Waals surface area contributed by atoms with Gasteiger partial charge in [-0.15, -0.1) is 0 Å². The van der Waals surface area contributed by atoms with Crippen LogP contribution in [0.3, 0.4) is 0 Å². The van der Waals surface area contributed by atoms with Crippen LogP contribution >= 0.6 is 7.60 Å². The molecule has 0 spiro atoms. The number of esters is 2. The Morgan fingerprint density at radius 1 is 0.622 bits per heavy atom. The van der Waals surface area contributed by atoms with Gasteiger partial charge in [0.2, 0.25) is 17.7 Å². The summed E-state index contributed by atoms with van der Waals surface area (Å²) in [6.45, 7) is 35.9. The van der Waals surface area contributed by atoms with Crippen molar-refractivity contribution in [1.82, 2.24) is 16.0 Å². The third-order valence-electron chi connectivity index (χ3n) is 10.5. The molecule has 0 aromatic carbocycles. The van der Waals surface area contributed by atoms with Crippen molar-refractivity contribution in [2.45, 2.75) is 240 Å². The van der Waals surface area contributed by atoms with Gasteiger partial charge in [-0.05, 0) is 78.1 Å². The molecule has 0 aliphatic heterocycles. The summed E-state index contributed by atoms with van der Waals surface area (Å²) in [5.41, 5.74) is 1.54. The van der Waals surface area contributed by atoms with E-state index in [4.69, 9.17) is 29.6 Å². The predicted molar refractivity (Wildman–Crippen MR) is 339 cm³/mol. The zero-order chi connectivity index (χ0) is 58.3. The summed E-state index contributed by atoms with van der Waals surface area (Å²) in [7, 11) is -12.5. The second-order valence-corrected chi connectivity index (χ2v) is 24.3. The maximum atomic E-state index is 11.7. The lowest BCUT2D eigenvalue weighted by Gasteiger charge is -2.30. The normalized spacial score (nSPS) is 11.9. The van der Waals surface area contributed by atoms with Gasteiger partial charge in [-0.3, -0.25) is 34.0 Å². The molecule has 0 fully saturated rings. The minimum atomic E-state index is -4.32. The van der Waals surface area contributed by atoms with Crippen molar-refractivity contribution in [3.8, 4) is 0 Å². The second-order valence-electron chi connectivity index (χ2n) is 19.8. The summed E-state index contributed by atoms with van der Waals surface area (Å²) in [6.07, 6.45) is 0.972. The van der Waals surface area contributed by atoms with Crippen LogP contribution in [-0.4, -0.2) is 143 Å². The van der Waals surface area contributed by atoms with Crippen LogP contribution in [-0.2, 0) is 68.0 Å². The van der Waals surface area contributed by atoms with E-state index in [1.165, 1.54) is 13.8 Å². The van der Waals surface area contributed by atoms with Crippen LogP contribution in [0.15, 0.2) is 24.3 Å². The van der Waals surface area contributed by atoms with Crippen molar-refractivity contribution in [2.24, 2.45) is 22.7 Å². The van der Waals surface area contributed by atoms with Crippen molar-refractivity contribution in [1.29, 1.82) is 0 Å². The fraction of sp³-hybridized carbons (Fsp3) is 0.836. The average Bonchev–Trinajstić information content (AvgIpc) is 3.22. The van der Waals surface area contributed by atoms with Gasteiger partial charge in [0.05, 0.1) is 46.3 Å². The molecular formula is C55H131N4O20PS2. The summed E-state index contributed by atoms with van der Waals surface area (Å²) < 4.78 is 81.9. The van der Waals surface area contributed by atoms with Gasteiger partial charge in [0, 0.05) is 28.5 Å². The van der Waals surface area contributed by atoms with Crippen molar-refractivity contribution in [2.75, 3.05) is 44.0 Å². The molecule has 0 heterocycles. The molecule has 0 saturated heterocycles. The van der Waals surface area contributed by atoms with Gasteiger partial charge in [-0.1, -0.05) is 157 Å². The van der Waals surface area contributed by atoms with E-state index in [2.05, 4.69) is 49.4 Å². The van der Waals surface area contributed by atoms with Crippen LogP contribution in [0.5, 0.6) is 0 Å². The fourth-order valence-electron chi connectivity index (χ4n) is 4.79. The monoisotopic (exact) mass is 1260 g/mol. The van der Waals surface area contributed by atoms with E-state index in [1.807, 2.05) is 41.5 Å². The lowest BCUT2D eigenvalue weighted by atomic mass is 9.82. The molecule has 0 rings (SSSR count). The molecule has 0 aliphatic carbocycles. The summed E-state index contributed by atoms with van der Waals surface area (Å²) in [4.78, 5) is 82.2. The van der Waals surface area contributed by atoms with Gasteiger partial charge < -0.3 is 45.5 Å². The van der Waals surface area contributed by atoms with Crippen molar-refractivity contribution in [3.63, 3.8) is 0 Å². The van der Waals surface area contributed by atoms with Crippen LogP contribution in [0.1, 0.15) is 217 Å². The molecule has 0 aromatic heterocycles. The molecule has 0 bridgehead atoms. The molecule has 0 saturated carbocycles. The molecule has 27 heteroatoms. The highest BCUT2D eigenvalue weighted by Gasteiger charge is 2.35. The van der Waals surface area contributed by atoms with Gasteiger partial charge in [0.1, 0.15) is 32.0 Å². The minimum absolute atomic E-state index is 0. The molecule has 0 aliphatic rings. The predicted octanol–water partition coefficient (Wildman–Crippen LogP) is 10.4. The van der Waals surface area contributed by atoms with E-state index in [9.17, 15) is 49.9 Å².